The van der Waals surface area contributed by atoms with Gasteiger partial charge in [-0.2, -0.15) is 0 Å². The first-order valence-electron chi connectivity index (χ1n) is 5.87. The van der Waals surface area contributed by atoms with Gasteiger partial charge in [0.05, 0.1) is 9.90 Å². The third-order valence-electron chi connectivity index (χ3n) is 2.87. The summed E-state index contributed by atoms with van der Waals surface area (Å²) in [6, 6.07) is 10.6. The summed E-state index contributed by atoms with van der Waals surface area (Å²) in [6.45, 7) is 4.44. The van der Waals surface area contributed by atoms with Crippen molar-refractivity contribution in [3.05, 3.63) is 40.8 Å². The lowest BCUT2D eigenvalue weighted by atomic mass is 10.1. The molecule has 0 spiro atoms. The minimum absolute atomic E-state index is 0.556. The minimum atomic E-state index is 0.556. The van der Waals surface area contributed by atoms with Gasteiger partial charge in [0.25, 0.3) is 0 Å². The van der Waals surface area contributed by atoms with Crippen molar-refractivity contribution in [1.29, 1.82) is 0 Å². The fourth-order valence-electron chi connectivity index (χ4n) is 1.86. The molecule has 1 N–H and O–H groups in total. The van der Waals surface area contributed by atoms with Crippen molar-refractivity contribution < 1.29 is 0 Å². The zero-order valence-electron chi connectivity index (χ0n) is 10.2. The van der Waals surface area contributed by atoms with Gasteiger partial charge in [0.15, 0.2) is 0 Å². The fraction of sp³-hybridized carbons (Fsp3) is 0.214. The number of para-hydroxylation sites is 1. The Morgan fingerprint density at radius 2 is 2.00 bits per heavy atom. The molecule has 3 rings (SSSR count). The van der Waals surface area contributed by atoms with E-state index in [1.54, 1.807) is 0 Å². The summed E-state index contributed by atoms with van der Waals surface area (Å²) >= 11 is 9.18. The smallest absolute Gasteiger partial charge is 0.113 e. The highest BCUT2D eigenvalue weighted by atomic mass is 32.2. The maximum Gasteiger partial charge on any atom is 0.113 e. The molecule has 0 bridgehead atoms. The van der Waals surface area contributed by atoms with Crippen LogP contribution < -0.4 is 5.32 Å². The van der Waals surface area contributed by atoms with Crippen LogP contribution in [0.2, 0.25) is 0 Å². The number of hydrogen-bond donors (Lipinski definition) is 1. The van der Waals surface area contributed by atoms with E-state index in [4.69, 9.17) is 12.2 Å². The molecular formula is C14H13NS3. The van der Waals surface area contributed by atoms with Crippen LogP contribution in [0.15, 0.2) is 39.4 Å². The molecule has 1 nitrogen and oxygen atoms in total. The molecule has 0 atom stereocenters. The average molecular weight is 291 g/mol. The summed E-state index contributed by atoms with van der Waals surface area (Å²) in [6.07, 6.45) is 0. The Morgan fingerprint density at radius 1 is 1.22 bits per heavy atom. The van der Waals surface area contributed by atoms with Crippen LogP contribution in [-0.4, -0.2) is 4.99 Å². The first-order chi connectivity index (χ1) is 8.65. The van der Waals surface area contributed by atoms with Crippen LogP contribution in [0.5, 0.6) is 0 Å². The Balaban J connectivity index is 2.10. The summed E-state index contributed by atoms with van der Waals surface area (Å²) < 4.78 is 1.31. The molecule has 0 aliphatic carbocycles. The van der Waals surface area contributed by atoms with Crippen molar-refractivity contribution >= 4 is 46.0 Å². The molecule has 1 aromatic heterocycles. The number of hydrogen-bond acceptors (Lipinski definition) is 3. The molecule has 0 unspecified atom stereocenters. The lowest BCUT2D eigenvalue weighted by Gasteiger charge is -2.06. The molecule has 0 amide bonds. The topological polar surface area (TPSA) is 12.0 Å². The van der Waals surface area contributed by atoms with Crippen molar-refractivity contribution in [2.24, 2.45) is 0 Å². The van der Waals surface area contributed by atoms with E-state index in [9.17, 15) is 0 Å². The molecule has 1 aliphatic rings. The second-order valence-corrected chi connectivity index (χ2v) is 7.36. The van der Waals surface area contributed by atoms with Crippen LogP contribution in [0.4, 0.5) is 5.69 Å². The molecule has 18 heavy (non-hydrogen) atoms. The SMILES string of the molecule is CC(C)c1cc2c(s1)Sc1ccccc1NC2=S. The third kappa shape index (κ3) is 2.09. The highest BCUT2D eigenvalue weighted by Gasteiger charge is 2.20. The third-order valence-corrected chi connectivity index (χ3v) is 5.90. The van der Waals surface area contributed by atoms with Gasteiger partial charge in [-0.1, -0.05) is 50.0 Å². The van der Waals surface area contributed by atoms with Gasteiger partial charge in [0.2, 0.25) is 0 Å². The van der Waals surface area contributed by atoms with Crippen LogP contribution >= 0.6 is 35.3 Å². The summed E-state index contributed by atoms with van der Waals surface area (Å²) in [4.78, 5) is 3.48. The van der Waals surface area contributed by atoms with Gasteiger partial charge >= 0.3 is 0 Å². The molecule has 0 saturated carbocycles. The minimum Gasteiger partial charge on any atom is -0.345 e. The molecule has 0 saturated heterocycles. The predicted octanol–water partition coefficient (Wildman–Crippen LogP) is 5.12. The molecule has 1 aliphatic heterocycles. The van der Waals surface area contributed by atoms with E-state index in [1.807, 2.05) is 29.2 Å². The number of fused-ring (bicyclic) bond motifs is 2. The second-order valence-electron chi connectivity index (χ2n) is 4.56. The number of thiophene rings is 1. The van der Waals surface area contributed by atoms with E-state index in [1.165, 1.54) is 19.5 Å². The van der Waals surface area contributed by atoms with Crippen molar-refractivity contribution in [2.45, 2.75) is 28.9 Å². The number of nitrogens with one attached hydrogen (secondary N) is 1. The van der Waals surface area contributed by atoms with Crippen LogP contribution in [0.3, 0.4) is 0 Å². The van der Waals surface area contributed by atoms with E-state index in [-0.39, 0.29) is 0 Å². The van der Waals surface area contributed by atoms with Crippen molar-refractivity contribution in [2.75, 3.05) is 5.32 Å². The molecule has 0 fully saturated rings. The van der Waals surface area contributed by atoms with Crippen LogP contribution in [0, 0.1) is 0 Å². The van der Waals surface area contributed by atoms with Crippen LogP contribution in [0.1, 0.15) is 30.2 Å². The Kier molecular flexibility index (Phi) is 3.18. The number of rotatable bonds is 1. The molecular weight excluding hydrogens is 278 g/mol. The van der Waals surface area contributed by atoms with Crippen LogP contribution in [0.25, 0.3) is 0 Å². The summed E-state index contributed by atoms with van der Waals surface area (Å²) in [7, 11) is 0. The Bertz CT molecular complexity index is 613. The Labute approximate surface area is 121 Å². The lowest BCUT2D eigenvalue weighted by Crippen LogP contribution is -2.08. The number of thiocarbonyl (C=S) groups is 1. The predicted molar refractivity (Wildman–Crippen MR) is 84.3 cm³/mol. The van der Waals surface area contributed by atoms with Gasteiger partial charge in [0.1, 0.15) is 4.99 Å². The number of benzene rings is 1. The number of anilines is 1. The van der Waals surface area contributed by atoms with Crippen molar-refractivity contribution in [3.63, 3.8) is 0 Å². The first-order valence-corrected chi connectivity index (χ1v) is 7.91. The highest BCUT2D eigenvalue weighted by molar-refractivity contribution is 8.01. The van der Waals surface area contributed by atoms with E-state index < -0.39 is 0 Å². The van der Waals surface area contributed by atoms with Gasteiger partial charge < -0.3 is 5.32 Å². The standard InChI is InChI=1S/C14H13NS3/c1-8(2)12-7-9-13(16)15-10-5-3-4-6-11(10)17-14(9)18-12/h3-8H,1-2H3,(H,15,16). The molecule has 0 radical (unpaired) electrons. The Hall–Kier alpha value is -0.840. The van der Waals surface area contributed by atoms with E-state index >= 15 is 0 Å². The second kappa shape index (κ2) is 4.68. The summed E-state index contributed by atoms with van der Waals surface area (Å²) in [5.74, 6) is 0.556. The maximum absolute atomic E-state index is 5.51. The Morgan fingerprint density at radius 3 is 2.78 bits per heavy atom. The first kappa shape index (κ1) is 12.2. The van der Waals surface area contributed by atoms with Gasteiger partial charge in [-0.3, -0.25) is 0 Å². The summed E-state index contributed by atoms with van der Waals surface area (Å²) in [5.41, 5.74) is 2.29. The van der Waals surface area contributed by atoms with E-state index in [2.05, 4.69) is 43.4 Å². The molecule has 1 aromatic carbocycles. The van der Waals surface area contributed by atoms with Crippen molar-refractivity contribution in [3.8, 4) is 0 Å². The largest absolute Gasteiger partial charge is 0.345 e. The zero-order valence-corrected chi connectivity index (χ0v) is 12.6. The van der Waals surface area contributed by atoms with Gasteiger partial charge in [0, 0.05) is 15.3 Å². The quantitative estimate of drug-likeness (QED) is 0.732. The fourth-order valence-corrected chi connectivity index (χ4v) is 4.73. The molecule has 92 valence electrons. The molecule has 2 heterocycles. The molecule has 4 heteroatoms. The highest BCUT2D eigenvalue weighted by Crippen LogP contribution is 2.44. The molecule has 2 aromatic rings. The van der Waals surface area contributed by atoms with E-state index in [0.717, 1.165) is 10.7 Å². The van der Waals surface area contributed by atoms with Crippen LogP contribution in [-0.2, 0) is 0 Å². The monoisotopic (exact) mass is 291 g/mol. The van der Waals surface area contributed by atoms with Gasteiger partial charge in [-0.25, -0.2) is 0 Å². The average Bonchev–Trinajstić information content (AvgIpc) is 2.71. The summed E-state index contributed by atoms with van der Waals surface area (Å²) in [5, 5.41) is 3.35. The van der Waals surface area contributed by atoms with Crippen molar-refractivity contribution in [1.82, 2.24) is 0 Å². The normalized spacial score (nSPS) is 13.8. The lowest BCUT2D eigenvalue weighted by molar-refractivity contribution is 0.889. The van der Waals surface area contributed by atoms with E-state index in [0.29, 0.717) is 5.92 Å². The van der Waals surface area contributed by atoms with Gasteiger partial charge in [-0.15, -0.1) is 11.3 Å². The van der Waals surface area contributed by atoms with Gasteiger partial charge in [-0.05, 0) is 24.1 Å². The maximum atomic E-state index is 5.51. The zero-order chi connectivity index (χ0) is 12.7.